The number of carbonyl (C=O) groups excluding carboxylic acids is 1. The van der Waals surface area contributed by atoms with E-state index in [-0.39, 0.29) is 25.0 Å². The van der Waals surface area contributed by atoms with Gasteiger partial charge in [0.1, 0.15) is 0 Å². The standard InChI is InChI=1S/C34H36FNO7/c1-17-20-10-8-12-40-29(20)25(35)13-22(17)27-18(2)23-14-36(32(37)21-9-7-11-26-30(21)42-16-41-26)15-24(23)19(3)28(27)31(33(38)39)43-34(4,5)6/h7,9,11,13,31H,8,10,12,14-16H2,1-6H3,(H,38,39)/t31-/m0/s1. The van der Waals surface area contributed by atoms with Gasteiger partial charge >= 0.3 is 5.97 Å². The molecule has 226 valence electrons. The van der Waals surface area contributed by atoms with Crippen LogP contribution in [0.15, 0.2) is 24.3 Å². The van der Waals surface area contributed by atoms with Gasteiger partial charge in [0.2, 0.25) is 6.79 Å². The molecule has 1 N–H and O–H groups in total. The summed E-state index contributed by atoms with van der Waals surface area (Å²) in [6, 6.07) is 6.69. The van der Waals surface area contributed by atoms with E-state index in [1.54, 1.807) is 23.1 Å². The van der Waals surface area contributed by atoms with Crippen LogP contribution in [0, 0.1) is 26.6 Å². The first kappa shape index (κ1) is 29.0. The number of nitrogens with zero attached hydrogens (tertiary/aromatic N) is 1. The summed E-state index contributed by atoms with van der Waals surface area (Å²) in [6.45, 7) is 12.3. The highest BCUT2D eigenvalue weighted by molar-refractivity contribution is 5.98. The molecule has 3 aromatic rings. The molecule has 0 aliphatic carbocycles. The van der Waals surface area contributed by atoms with E-state index >= 15 is 4.39 Å². The van der Waals surface area contributed by atoms with Crippen molar-refractivity contribution in [2.24, 2.45) is 0 Å². The highest BCUT2D eigenvalue weighted by atomic mass is 19.1. The van der Waals surface area contributed by atoms with E-state index in [1.165, 1.54) is 6.07 Å². The summed E-state index contributed by atoms with van der Waals surface area (Å²) in [4.78, 5) is 28.4. The Morgan fingerprint density at radius 3 is 2.40 bits per heavy atom. The number of halogens is 1. The van der Waals surface area contributed by atoms with Gasteiger partial charge in [0.15, 0.2) is 29.2 Å². The second kappa shape index (κ2) is 10.6. The zero-order valence-corrected chi connectivity index (χ0v) is 25.4. The number of ether oxygens (including phenoxy) is 4. The Labute approximate surface area is 250 Å². The van der Waals surface area contributed by atoms with Crippen LogP contribution in [0.4, 0.5) is 4.39 Å². The minimum absolute atomic E-state index is 0.0525. The zero-order chi connectivity index (χ0) is 30.8. The van der Waals surface area contributed by atoms with Crippen LogP contribution in [0.3, 0.4) is 0 Å². The molecule has 3 aliphatic heterocycles. The van der Waals surface area contributed by atoms with Crippen molar-refractivity contribution in [2.45, 2.75) is 79.2 Å². The molecule has 8 nitrogen and oxygen atoms in total. The SMILES string of the molecule is Cc1c(-c2c(C)c3c(c(C)c2[C@H](OC(C)(C)C)C(=O)O)CN(C(=O)c2cccc4c2OCO4)C3)cc(F)c2c1CCCO2. The number of benzene rings is 3. The maximum atomic E-state index is 15.6. The van der Waals surface area contributed by atoms with Gasteiger partial charge in [0.25, 0.3) is 5.91 Å². The minimum Gasteiger partial charge on any atom is -0.490 e. The van der Waals surface area contributed by atoms with Crippen LogP contribution in [-0.2, 0) is 29.0 Å². The number of para-hydroxylation sites is 1. The first-order valence-corrected chi connectivity index (χ1v) is 14.6. The van der Waals surface area contributed by atoms with Gasteiger partial charge in [-0.05, 0) is 112 Å². The van der Waals surface area contributed by atoms with Crippen LogP contribution in [0.2, 0.25) is 0 Å². The lowest BCUT2D eigenvalue weighted by atomic mass is 9.81. The summed E-state index contributed by atoms with van der Waals surface area (Å²) in [5.41, 5.74) is 6.30. The molecule has 0 spiro atoms. The zero-order valence-electron chi connectivity index (χ0n) is 25.4. The van der Waals surface area contributed by atoms with Gasteiger partial charge in [-0.3, -0.25) is 4.79 Å². The van der Waals surface area contributed by atoms with Crippen molar-refractivity contribution in [3.05, 3.63) is 74.6 Å². The molecule has 0 radical (unpaired) electrons. The Kier molecular flexibility index (Phi) is 7.12. The molecular weight excluding hydrogens is 553 g/mol. The van der Waals surface area contributed by atoms with Crippen molar-refractivity contribution in [1.82, 2.24) is 4.90 Å². The monoisotopic (exact) mass is 589 g/mol. The molecule has 3 aliphatic rings. The third-order valence-corrected chi connectivity index (χ3v) is 8.59. The van der Waals surface area contributed by atoms with Gasteiger partial charge < -0.3 is 29.0 Å². The van der Waals surface area contributed by atoms with Crippen LogP contribution in [-0.4, -0.2) is 40.9 Å². The van der Waals surface area contributed by atoms with E-state index in [0.717, 1.165) is 34.2 Å². The first-order valence-electron chi connectivity index (χ1n) is 14.6. The van der Waals surface area contributed by atoms with Crippen molar-refractivity contribution in [2.75, 3.05) is 13.4 Å². The number of amides is 1. The summed E-state index contributed by atoms with van der Waals surface area (Å²) >= 11 is 0. The Morgan fingerprint density at radius 1 is 0.977 bits per heavy atom. The largest absolute Gasteiger partial charge is 0.490 e. The highest BCUT2D eigenvalue weighted by Crippen LogP contribution is 2.47. The van der Waals surface area contributed by atoms with Crippen molar-refractivity contribution < 1.29 is 38.0 Å². The van der Waals surface area contributed by atoms with Crippen molar-refractivity contribution in [3.8, 4) is 28.4 Å². The van der Waals surface area contributed by atoms with Crippen LogP contribution in [0.25, 0.3) is 11.1 Å². The fourth-order valence-electron chi connectivity index (χ4n) is 6.61. The average Bonchev–Trinajstić information content (AvgIpc) is 3.63. The van der Waals surface area contributed by atoms with E-state index in [4.69, 9.17) is 18.9 Å². The molecule has 1 atom stereocenters. The van der Waals surface area contributed by atoms with E-state index < -0.39 is 23.5 Å². The normalized spacial score (nSPS) is 16.0. The van der Waals surface area contributed by atoms with E-state index in [2.05, 4.69) is 0 Å². The van der Waals surface area contributed by atoms with Gasteiger partial charge in [0.05, 0.1) is 17.8 Å². The number of carboxylic acids is 1. The lowest BCUT2D eigenvalue weighted by molar-refractivity contribution is -0.160. The molecule has 0 aromatic heterocycles. The predicted molar refractivity (Wildman–Crippen MR) is 157 cm³/mol. The Hall–Kier alpha value is -4.11. The molecule has 6 rings (SSSR count). The molecular formula is C34H36FNO7. The second-order valence-electron chi connectivity index (χ2n) is 12.4. The van der Waals surface area contributed by atoms with Gasteiger partial charge in [-0.1, -0.05) is 6.07 Å². The fraction of sp³-hybridized carbons (Fsp3) is 0.412. The molecule has 0 fully saturated rings. The highest BCUT2D eigenvalue weighted by Gasteiger charge is 2.38. The number of aliphatic carboxylic acids is 1. The van der Waals surface area contributed by atoms with Crippen LogP contribution in [0.5, 0.6) is 17.2 Å². The molecule has 0 saturated carbocycles. The molecule has 1 amide bonds. The summed E-state index contributed by atoms with van der Waals surface area (Å²) in [6.07, 6.45) is 0.119. The topological polar surface area (TPSA) is 94.5 Å². The fourth-order valence-corrected chi connectivity index (χ4v) is 6.61. The summed E-state index contributed by atoms with van der Waals surface area (Å²) in [5, 5.41) is 10.5. The summed E-state index contributed by atoms with van der Waals surface area (Å²) in [7, 11) is 0. The van der Waals surface area contributed by atoms with Crippen molar-refractivity contribution >= 4 is 11.9 Å². The number of carbonyl (C=O) groups is 2. The molecule has 43 heavy (non-hydrogen) atoms. The lowest BCUT2D eigenvalue weighted by Gasteiger charge is -2.31. The third kappa shape index (κ3) is 4.89. The van der Waals surface area contributed by atoms with Crippen LogP contribution < -0.4 is 14.2 Å². The molecule has 3 aromatic carbocycles. The molecule has 0 saturated heterocycles. The van der Waals surface area contributed by atoms with Crippen molar-refractivity contribution in [3.63, 3.8) is 0 Å². The number of rotatable bonds is 5. The first-order chi connectivity index (χ1) is 20.4. The Morgan fingerprint density at radius 2 is 1.70 bits per heavy atom. The molecule has 0 bridgehead atoms. The van der Waals surface area contributed by atoms with Crippen LogP contribution in [0.1, 0.15) is 82.6 Å². The number of hydrogen-bond acceptors (Lipinski definition) is 6. The quantitative estimate of drug-likeness (QED) is 0.360. The smallest absolute Gasteiger partial charge is 0.337 e. The number of hydrogen-bond donors (Lipinski definition) is 1. The lowest BCUT2D eigenvalue weighted by Crippen LogP contribution is -2.29. The maximum absolute atomic E-state index is 15.6. The summed E-state index contributed by atoms with van der Waals surface area (Å²) in [5.74, 6) is -0.611. The second-order valence-corrected chi connectivity index (χ2v) is 12.4. The third-order valence-electron chi connectivity index (χ3n) is 8.59. The van der Waals surface area contributed by atoms with Crippen LogP contribution >= 0.6 is 0 Å². The minimum atomic E-state index is -1.32. The van der Waals surface area contributed by atoms with Gasteiger partial charge in [-0.15, -0.1) is 0 Å². The molecule has 3 heterocycles. The average molecular weight is 590 g/mol. The van der Waals surface area contributed by atoms with Crippen molar-refractivity contribution in [1.29, 1.82) is 0 Å². The Bertz CT molecular complexity index is 1670. The van der Waals surface area contributed by atoms with Gasteiger partial charge in [0, 0.05) is 24.2 Å². The Balaban J connectivity index is 1.54. The van der Waals surface area contributed by atoms with E-state index in [9.17, 15) is 14.7 Å². The number of fused-ring (bicyclic) bond motifs is 3. The van der Waals surface area contributed by atoms with E-state index in [1.807, 2.05) is 41.5 Å². The maximum Gasteiger partial charge on any atom is 0.337 e. The number of carboxylic acid groups (broad SMARTS) is 1. The van der Waals surface area contributed by atoms with E-state index in [0.29, 0.717) is 58.9 Å². The predicted octanol–water partition coefficient (Wildman–Crippen LogP) is 6.57. The summed E-state index contributed by atoms with van der Waals surface area (Å²) < 4.78 is 38.6. The van der Waals surface area contributed by atoms with Gasteiger partial charge in [-0.2, -0.15) is 0 Å². The molecule has 9 heteroatoms. The molecule has 0 unspecified atom stereocenters. The van der Waals surface area contributed by atoms with Gasteiger partial charge in [-0.25, -0.2) is 9.18 Å².